The van der Waals surface area contributed by atoms with Crippen LogP contribution in [0.1, 0.15) is 12.5 Å². The van der Waals surface area contributed by atoms with E-state index in [1.165, 1.54) is 15.0 Å². The van der Waals surface area contributed by atoms with E-state index in [0.29, 0.717) is 0 Å². The molecule has 0 aliphatic heterocycles. The highest BCUT2D eigenvalue weighted by atomic mass is 127. The molecule has 0 aliphatic carbocycles. The predicted octanol–water partition coefficient (Wildman–Crippen LogP) is 1.30. The molecule has 1 heterocycles. The number of hydrogen-bond donors (Lipinski definition) is 0. The lowest BCUT2D eigenvalue weighted by molar-refractivity contribution is -0.00000312. The molecule has 1 nitrogen and oxygen atoms in total. The van der Waals surface area contributed by atoms with Gasteiger partial charge in [-0.05, 0) is 18.1 Å². The first kappa shape index (κ1) is 12.6. The second-order valence-corrected chi connectivity index (χ2v) is 4.88. The number of fused-ring (bicyclic) bond motifs is 2. The standard InChI is InChI=1S/C14H12NS.HI/c1-2-10-6-5-9-13-14(10)15-11-7-3-4-8-12(11)16-13;/h3-9H,2H2,1H3;1H/q+1;/p-1. The predicted molar refractivity (Wildman–Crippen MR) is 70.9 cm³/mol. The van der Waals surface area contributed by atoms with E-state index in [1.54, 1.807) is 0 Å². The molecule has 17 heavy (non-hydrogen) atoms. The molecule has 3 rings (SSSR count). The van der Waals surface area contributed by atoms with Crippen molar-refractivity contribution in [2.24, 2.45) is 0 Å². The Bertz CT molecular complexity index is 666. The molecule has 0 spiro atoms. The van der Waals surface area contributed by atoms with Crippen LogP contribution in [0.25, 0.3) is 20.4 Å². The Balaban J connectivity index is 0.00000108. The molecule has 3 heteroatoms. The second-order valence-electron chi connectivity index (χ2n) is 3.80. The fourth-order valence-corrected chi connectivity index (χ4v) is 2.96. The van der Waals surface area contributed by atoms with E-state index < -0.39 is 0 Å². The largest absolute Gasteiger partial charge is 1.00 e. The van der Waals surface area contributed by atoms with Crippen molar-refractivity contribution in [2.75, 3.05) is 0 Å². The summed E-state index contributed by atoms with van der Waals surface area (Å²) in [5.74, 6) is 0. The number of para-hydroxylation sites is 2. The van der Waals surface area contributed by atoms with Crippen LogP contribution >= 0.6 is 11.3 Å². The minimum Gasteiger partial charge on any atom is -1.00 e. The molecular weight excluding hydrogens is 341 g/mol. The third-order valence-electron chi connectivity index (χ3n) is 2.78. The van der Waals surface area contributed by atoms with Crippen LogP contribution in [0.4, 0.5) is 0 Å². The Morgan fingerprint density at radius 1 is 1.00 bits per heavy atom. The van der Waals surface area contributed by atoms with E-state index in [4.69, 9.17) is 4.98 Å². The lowest BCUT2D eigenvalue weighted by atomic mass is 10.1. The molecule has 0 saturated carbocycles. The molecule has 0 amide bonds. The molecule has 0 N–H and O–H groups in total. The third kappa shape index (κ3) is 2.26. The average molecular weight is 353 g/mol. The van der Waals surface area contributed by atoms with Gasteiger partial charge < -0.3 is 24.0 Å². The summed E-state index contributed by atoms with van der Waals surface area (Å²) < 4.78 is 2.53. The smallest absolute Gasteiger partial charge is 0.257 e. The lowest BCUT2D eigenvalue weighted by Crippen LogP contribution is -3.00. The first-order valence-corrected chi connectivity index (χ1v) is 6.30. The Hall–Kier alpha value is -0.810. The summed E-state index contributed by atoms with van der Waals surface area (Å²) in [4.78, 5) is 4.76. The Kier molecular flexibility index (Phi) is 3.89. The van der Waals surface area contributed by atoms with Gasteiger partial charge in [-0.15, -0.1) is 0 Å². The monoisotopic (exact) mass is 353 g/mol. The normalized spacial score (nSPS) is 10.4. The molecule has 0 atom stereocenters. The van der Waals surface area contributed by atoms with Gasteiger partial charge in [0.2, 0.25) is 11.3 Å². The van der Waals surface area contributed by atoms with Crippen molar-refractivity contribution in [2.45, 2.75) is 13.3 Å². The molecule has 0 aliphatic rings. The maximum atomic E-state index is 4.76. The lowest BCUT2D eigenvalue weighted by Gasteiger charge is -1.97. The van der Waals surface area contributed by atoms with Crippen molar-refractivity contribution in [3.8, 4) is 0 Å². The van der Waals surface area contributed by atoms with Crippen molar-refractivity contribution < 1.29 is 24.0 Å². The minimum absolute atomic E-state index is 0. The summed E-state index contributed by atoms with van der Waals surface area (Å²) in [6.07, 6.45) is 1.04. The molecule has 0 bridgehead atoms. The van der Waals surface area contributed by atoms with Gasteiger partial charge in [-0.3, -0.25) is 0 Å². The number of rotatable bonds is 1. The highest BCUT2D eigenvalue weighted by Crippen LogP contribution is 2.27. The summed E-state index contributed by atoms with van der Waals surface area (Å²) in [5, 5.41) is 0. The Morgan fingerprint density at radius 3 is 2.59 bits per heavy atom. The van der Waals surface area contributed by atoms with Crippen LogP contribution in [-0.2, 0) is 6.42 Å². The Morgan fingerprint density at radius 2 is 1.76 bits per heavy atom. The average Bonchev–Trinajstić information content (AvgIpc) is 2.35. The van der Waals surface area contributed by atoms with Gasteiger partial charge in [0.15, 0.2) is 0 Å². The summed E-state index contributed by atoms with van der Waals surface area (Å²) in [7, 11) is 0. The number of halogens is 1. The molecule has 3 aromatic rings. The zero-order chi connectivity index (χ0) is 11.0. The van der Waals surface area contributed by atoms with Gasteiger partial charge in [-0.25, -0.2) is 4.98 Å². The van der Waals surface area contributed by atoms with E-state index in [9.17, 15) is 0 Å². The SMILES string of the molecule is CCc1cccc2[s+]c3ccccc3nc12.[I-]. The van der Waals surface area contributed by atoms with Crippen LogP contribution in [0, 0.1) is 0 Å². The number of hydrogen-bond acceptors (Lipinski definition) is 1. The highest BCUT2D eigenvalue weighted by Gasteiger charge is 2.13. The van der Waals surface area contributed by atoms with Crippen molar-refractivity contribution in [3.63, 3.8) is 0 Å². The van der Waals surface area contributed by atoms with Crippen molar-refractivity contribution >= 4 is 31.8 Å². The van der Waals surface area contributed by atoms with Crippen LogP contribution in [0.3, 0.4) is 0 Å². The first-order valence-electron chi connectivity index (χ1n) is 5.49. The topological polar surface area (TPSA) is 12.9 Å². The van der Waals surface area contributed by atoms with Gasteiger partial charge in [0.05, 0.1) is 0 Å². The van der Waals surface area contributed by atoms with Gasteiger partial charge in [0, 0.05) is 12.1 Å². The van der Waals surface area contributed by atoms with Gasteiger partial charge in [-0.1, -0.05) is 31.2 Å². The van der Waals surface area contributed by atoms with Crippen molar-refractivity contribution in [1.29, 1.82) is 0 Å². The van der Waals surface area contributed by atoms with Gasteiger partial charge in [-0.2, -0.15) is 0 Å². The molecule has 0 saturated heterocycles. The van der Waals surface area contributed by atoms with Gasteiger partial charge in [0.25, 0.3) is 9.40 Å². The van der Waals surface area contributed by atoms with Gasteiger partial charge >= 0.3 is 0 Å². The Labute approximate surface area is 122 Å². The molecule has 0 unspecified atom stereocenters. The number of nitrogens with zero attached hydrogens (tertiary/aromatic N) is 1. The van der Waals surface area contributed by atoms with Crippen molar-refractivity contribution in [3.05, 3.63) is 48.0 Å². The van der Waals surface area contributed by atoms with Crippen molar-refractivity contribution in [1.82, 2.24) is 4.98 Å². The molecule has 86 valence electrons. The van der Waals surface area contributed by atoms with Crippen LogP contribution in [0.15, 0.2) is 42.5 Å². The van der Waals surface area contributed by atoms with E-state index >= 15 is 0 Å². The maximum absolute atomic E-state index is 4.76. The minimum atomic E-state index is 0. The maximum Gasteiger partial charge on any atom is 0.257 e. The van der Waals surface area contributed by atoms with E-state index in [-0.39, 0.29) is 24.0 Å². The quantitative estimate of drug-likeness (QED) is 0.365. The number of benzene rings is 2. The summed E-state index contributed by atoms with van der Waals surface area (Å²) in [6, 6.07) is 14.8. The highest BCUT2D eigenvalue weighted by molar-refractivity contribution is 7.24. The molecule has 2 aromatic carbocycles. The molecule has 1 aromatic heterocycles. The summed E-state index contributed by atoms with van der Waals surface area (Å²) >= 11 is 1.82. The van der Waals surface area contributed by atoms with E-state index in [2.05, 4.69) is 43.3 Å². The molecular formula is C14H12INS. The fraction of sp³-hybridized carbons (Fsp3) is 0.143. The number of aromatic nitrogens is 1. The van der Waals surface area contributed by atoms with Crippen LogP contribution < -0.4 is 24.0 Å². The zero-order valence-electron chi connectivity index (χ0n) is 9.48. The summed E-state index contributed by atoms with van der Waals surface area (Å²) in [5.41, 5.74) is 3.59. The number of aryl methyl sites for hydroxylation is 1. The van der Waals surface area contributed by atoms with Crippen LogP contribution in [0.2, 0.25) is 0 Å². The second kappa shape index (κ2) is 5.23. The fourth-order valence-electron chi connectivity index (χ4n) is 1.94. The molecule has 0 radical (unpaired) electrons. The molecule has 0 fully saturated rings. The third-order valence-corrected chi connectivity index (χ3v) is 3.90. The van der Waals surface area contributed by atoms with E-state index in [0.717, 1.165) is 17.5 Å². The summed E-state index contributed by atoms with van der Waals surface area (Å²) in [6.45, 7) is 2.18. The first-order chi connectivity index (χ1) is 7.88. The zero-order valence-corrected chi connectivity index (χ0v) is 12.5. The van der Waals surface area contributed by atoms with Crippen LogP contribution in [-0.4, -0.2) is 4.98 Å². The van der Waals surface area contributed by atoms with E-state index in [1.807, 2.05) is 17.4 Å². The van der Waals surface area contributed by atoms with Gasteiger partial charge in [0.1, 0.15) is 11.0 Å². The van der Waals surface area contributed by atoms with Crippen LogP contribution in [0.5, 0.6) is 0 Å².